The lowest BCUT2D eigenvalue weighted by molar-refractivity contribution is -0.274. The van der Waals surface area contributed by atoms with Gasteiger partial charge in [0.1, 0.15) is 11.3 Å². The summed E-state index contributed by atoms with van der Waals surface area (Å²) in [7, 11) is 0. The molecular weight excluding hydrogens is 385 g/mol. The predicted octanol–water partition coefficient (Wildman–Crippen LogP) is 4.32. The first kappa shape index (κ1) is 19.5. The van der Waals surface area contributed by atoms with Crippen LogP contribution in [0.2, 0.25) is 0 Å². The molecule has 6 nitrogen and oxygen atoms in total. The topological polar surface area (TPSA) is 68.5 Å². The quantitative estimate of drug-likeness (QED) is 0.822. The fraction of sp³-hybridized carbons (Fsp3) is 0.450. The van der Waals surface area contributed by atoms with Crippen LogP contribution in [0, 0.1) is 0 Å². The van der Waals surface area contributed by atoms with E-state index in [1.165, 1.54) is 24.3 Å². The van der Waals surface area contributed by atoms with Gasteiger partial charge in [0.2, 0.25) is 0 Å². The third-order valence-electron chi connectivity index (χ3n) is 5.27. The lowest BCUT2D eigenvalue weighted by Crippen LogP contribution is -2.28. The average molecular weight is 406 g/mol. The zero-order valence-corrected chi connectivity index (χ0v) is 15.9. The van der Waals surface area contributed by atoms with Gasteiger partial charge in [0.15, 0.2) is 5.82 Å². The second kappa shape index (κ2) is 7.53. The van der Waals surface area contributed by atoms with Crippen LogP contribution in [0.5, 0.6) is 5.75 Å². The van der Waals surface area contributed by atoms with Crippen molar-refractivity contribution in [2.45, 2.75) is 51.4 Å². The summed E-state index contributed by atoms with van der Waals surface area (Å²) >= 11 is 0. The van der Waals surface area contributed by atoms with Gasteiger partial charge in [-0.2, -0.15) is 5.10 Å². The van der Waals surface area contributed by atoms with E-state index in [9.17, 15) is 18.0 Å². The molecule has 1 amide bonds. The highest BCUT2D eigenvalue weighted by Gasteiger charge is 2.32. The minimum absolute atomic E-state index is 0.181. The number of aliphatic imine (C=N–C) groups is 1. The first-order valence-electron chi connectivity index (χ1n) is 9.69. The number of aromatic nitrogens is 2. The average Bonchev–Trinajstić information content (AvgIpc) is 3.28. The van der Waals surface area contributed by atoms with Crippen LogP contribution in [0.3, 0.4) is 0 Å². The molecule has 0 spiro atoms. The van der Waals surface area contributed by atoms with Crippen LogP contribution in [0.15, 0.2) is 29.3 Å². The van der Waals surface area contributed by atoms with Crippen molar-refractivity contribution in [1.82, 2.24) is 15.1 Å². The second-order valence-electron chi connectivity index (χ2n) is 7.20. The fourth-order valence-electron chi connectivity index (χ4n) is 3.90. The van der Waals surface area contributed by atoms with Crippen molar-refractivity contribution in [2.24, 2.45) is 4.99 Å². The van der Waals surface area contributed by atoms with Crippen molar-refractivity contribution < 1.29 is 22.7 Å². The number of hydrogen-bond acceptors (Lipinski definition) is 4. The van der Waals surface area contributed by atoms with Gasteiger partial charge in [0.25, 0.3) is 5.91 Å². The number of aryl methyl sites for hydroxylation is 1. The van der Waals surface area contributed by atoms with Gasteiger partial charge in [-0.05, 0) is 49.1 Å². The molecule has 1 aromatic carbocycles. The molecule has 1 fully saturated rings. The van der Waals surface area contributed by atoms with Crippen LogP contribution < -0.4 is 10.1 Å². The fourth-order valence-corrected chi connectivity index (χ4v) is 3.90. The number of rotatable bonds is 4. The maximum Gasteiger partial charge on any atom is 0.573 e. The number of carbonyl (C=O) groups excluding carboxylic acids is 1. The molecule has 154 valence electrons. The lowest BCUT2D eigenvalue weighted by atomic mass is 10.1. The summed E-state index contributed by atoms with van der Waals surface area (Å²) in [6, 6.07) is 5.71. The molecule has 0 bridgehead atoms. The molecule has 1 saturated carbocycles. The van der Waals surface area contributed by atoms with Gasteiger partial charge >= 0.3 is 6.36 Å². The van der Waals surface area contributed by atoms with Crippen molar-refractivity contribution in [1.29, 1.82) is 0 Å². The second-order valence-corrected chi connectivity index (χ2v) is 7.20. The highest BCUT2D eigenvalue weighted by Crippen LogP contribution is 2.36. The molecule has 1 N–H and O–H groups in total. The van der Waals surface area contributed by atoms with Crippen LogP contribution in [-0.2, 0) is 6.42 Å². The number of nitrogens with one attached hydrogen (secondary N) is 1. The van der Waals surface area contributed by atoms with E-state index in [-0.39, 0.29) is 24.2 Å². The Hall–Kier alpha value is -2.84. The van der Waals surface area contributed by atoms with Crippen molar-refractivity contribution in [3.05, 3.63) is 41.1 Å². The van der Waals surface area contributed by atoms with Gasteiger partial charge in [-0.25, -0.2) is 9.67 Å². The minimum Gasteiger partial charge on any atom is -0.406 e. The molecule has 9 heteroatoms. The van der Waals surface area contributed by atoms with Gasteiger partial charge in [-0.15, -0.1) is 13.2 Å². The standard InChI is InChI=1S/C20H21F3N4O2/c1-2-15-17-18(27(26-15)13-5-3-4-6-13)25-16(11-24-19(17)28)12-7-9-14(10-8-12)29-20(21,22)23/h7-10,13H,2-6,11H2,1H3,(H,24,28). The number of carbonyl (C=O) groups is 1. The third-order valence-corrected chi connectivity index (χ3v) is 5.27. The molecule has 2 aliphatic rings. The molecule has 4 rings (SSSR count). The highest BCUT2D eigenvalue weighted by atomic mass is 19.4. The monoisotopic (exact) mass is 406 g/mol. The summed E-state index contributed by atoms with van der Waals surface area (Å²) in [6.45, 7) is 2.13. The van der Waals surface area contributed by atoms with E-state index >= 15 is 0 Å². The van der Waals surface area contributed by atoms with E-state index in [0.717, 1.165) is 25.7 Å². The van der Waals surface area contributed by atoms with Gasteiger partial charge in [0, 0.05) is 0 Å². The molecule has 2 aromatic rings. The van der Waals surface area contributed by atoms with Crippen LogP contribution in [0.4, 0.5) is 19.0 Å². The molecule has 1 aliphatic heterocycles. The summed E-state index contributed by atoms with van der Waals surface area (Å²) < 4.78 is 42.9. The minimum atomic E-state index is -4.74. The Balaban J connectivity index is 1.73. The van der Waals surface area contributed by atoms with E-state index in [1.54, 1.807) is 0 Å². The van der Waals surface area contributed by atoms with Crippen LogP contribution in [-0.4, -0.2) is 34.3 Å². The van der Waals surface area contributed by atoms with E-state index in [4.69, 9.17) is 4.99 Å². The lowest BCUT2D eigenvalue weighted by Gasteiger charge is -2.13. The summed E-state index contributed by atoms with van der Waals surface area (Å²) in [4.78, 5) is 17.5. The summed E-state index contributed by atoms with van der Waals surface area (Å²) in [6.07, 6.45) is 0.0905. The van der Waals surface area contributed by atoms with Crippen molar-refractivity contribution in [3.63, 3.8) is 0 Å². The molecule has 29 heavy (non-hydrogen) atoms. The Labute approximate surface area is 165 Å². The van der Waals surface area contributed by atoms with Gasteiger partial charge in [-0.1, -0.05) is 19.8 Å². The molecule has 2 heterocycles. The van der Waals surface area contributed by atoms with Crippen LogP contribution >= 0.6 is 0 Å². The van der Waals surface area contributed by atoms with E-state index in [0.29, 0.717) is 34.8 Å². The highest BCUT2D eigenvalue weighted by molar-refractivity contribution is 6.10. The number of amides is 1. The Morgan fingerprint density at radius 3 is 2.52 bits per heavy atom. The predicted molar refractivity (Wildman–Crippen MR) is 101 cm³/mol. The normalized spacial score (nSPS) is 17.5. The number of nitrogens with zero attached hydrogens (tertiary/aromatic N) is 3. The Morgan fingerprint density at radius 1 is 1.21 bits per heavy atom. The van der Waals surface area contributed by atoms with Crippen molar-refractivity contribution in [3.8, 4) is 5.75 Å². The maximum atomic E-state index is 12.7. The number of benzene rings is 1. The molecule has 0 radical (unpaired) electrons. The molecule has 0 unspecified atom stereocenters. The smallest absolute Gasteiger partial charge is 0.406 e. The largest absolute Gasteiger partial charge is 0.573 e. The van der Waals surface area contributed by atoms with Crippen molar-refractivity contribution in [2.75, 3.05) is 6.54 Å². The van der Waals surface area contributed by atoms with E-state index < -0.39 is 6.36 Å². The van der Waals surface area contributed by atoms with Crippen molar-refractivity contribution >= 4 is 17.4 Å². The zero-order valence-electron chi connectivity index (χ0n) is 15.9. The molecule has 1 aliphatic carbocycles. The van der Waals surface area contributed by atoms with Gasteiger partial charge in [0.05, 0.1) is 24.0 Å². The maximum absolute atomic E-state index is 12.7. The van der Waals surface area contributed by atoms with Gasteiger partial charge in [-0.3, -0.25) is 4.79 Å². The Morgan fingerprint density at radius 2 is 1.90 bits per heavy atom. The Bertz CT molecular complexity index is 942. The molecular formula is C20H21F3N4O2. The van der Waals surface area contributed by atoms with Crippen LogP contribution in [0.25, 0.3) is 0 Å². The summed E-state index contributed by atoms with van der Waals surface area (Å²) in [5, 5.41) is 7.52. The summed E-state index contributed by atoms with van der Waals surface area (Å²) in [5.74, 6) is 0.00991. The molecule has 0 atom stereocenters. The number of hydrogen-bond donors (Lipinski definition) is 1. The number of ether oxygens (including phenoxy) is 1. The number of alkyl halides is 3. The Kier molecular flexibility index (Phi) is 5.06. The third kappa shape index (κ3) is 3.99. The number of halogens is 3. The van der Waals surface area contributed by atoms with E-state index in [1.807, 2.05) is 11.6 Å². The molecule has 1 aromatic heterocycles. The van der Waals surface area contributed by atoms with Gasteiger partial charge < -0.3 is 10.1 Å². The van der Waals surface area contributed by atoms with Crippen LogP contribution in [0.1, 0.15) is 60.3 Å². The zero-order chi connectivity index (χ0) is 20.6. The first-order valence-corrected chi connectivity index (χ1v) is 9.69. The molecule has 0 saturated heterocycles. The SMILES string of the molecule is CCc1nn(C2CCCC2)c2c1C(=O)NCC(c1ccc(OC(F)(F)F)cc1)=N2. The van der Waals surface area contributed by atoms with E-state index in [2.05, 4.69) is 15.2 Å². The first-order chi connectivity index (χ1) is 13.9. The summed E-state index contributed by atoms with van der Waals surface area (Å²) in [5.41, 5.74) is 2.39. The number of fused-ring (bicyclic) bond motifs is 1.